The molecule has 2 aromatic heterocycles. The fourth-order valence-corrected chi connectivity index (χ4v) is 4.37. The fourth-order valence-electron chi connectivity index (χ4n) is 4.37. The monoisotopic (exact) mass is 441 g/mol. The highest BCUT2D eigenvalue weighted by molar-refractivity contribution is 5.94. The van der Waals surface area contributed by atoms with E-state index in [1.165, 1.54) is 12.1 Å². The van der Waals surface area contributed by atoms with E-state index in [1.54, 1.807) is 35.4 Å². The molecule has 6 nitrogen and oxygen atoms in total. The van der Waals surface area contributed by atoms with E-state index in [-0.39, 0.29) is 17.6 Å². The Morgan fingerprint density at radius 3 is 2.64 bits per heavy atom. The molecule has 33 heavy (non-hydrogen) atoms. The molecule has 166 valence electrons. The Bertz CT molecular complexity index is 1270. The molecule has 1 saturated heterocycles. The number of halogens is 1. The highest BCUT2D eigenvalue weighted by atomic mass is 19.1. The van der Waals surface area contributed by atoms with E-state index in [2.05, 4.69) is 10.1 Å². The summed E-state index contributed by atoms with van der Waals surface area (Å²) in [6, 6.07) is 16.1. The minimum atomic E-state index is -0.279. The lowest BCUT2D eigenvalue weighted by molar-refractivity contribution is 0.0706. The zero-order chi connectivity index (χ0) is 22.8. The fraction of sp³-hybridized carbons (Fsp3) is 0.231. The van der Waals surface area contributed by atoms with Gasteiger partial charge >= 0.3 is 0 Å². The zero-order valence-corrected chi connectivity index (χ0v) is 18.4. The lowest BCUT2D eigenvalue weighted by atomic mass is 9.89. The second-order valence-electron chi connectivity index (χ2n) is 8.32. The van der Waals surface area contributed by atoms with Crippen molar-refractivity contribution in [2.24, 2.45) is 0 Å². The van der Waals surface area contributed by atoms with Crippen LogP contribution in [0.25, 0.3) is 16.8 Å². The molecular weight excluding hydrogens is 417 g/mol. The van der Waals surface area contributed by atoms with Crippen LogP contribution in [0.15, 0.2) is 73.2 Å². The number of likely N-dealkylation sites (tertiary alicyclic amines) is 1. The number of hydrogen-bond acceptors (Lipinski definition) is 4. The SMILES string of the molecule is Cc1ncc(-c2ccc(F)cc2)c([C@@H]2CCCN(C(=O)c3cnn(-c4ccccc4)c3)C2)n1. The molecule has 0 bridgehead atoms. The number of hydrogen-bond donors (Lipinski definition) is 0. The van der Waals surface area contributed by atoms with Gasteiger partial charge in [-0.1, -0.05) is 30.3 Å². The first-order valence-corrected chi connectivity index (χ1v) is 11.1. The molecule has 0 unspecified atom stereocenters. The average molecular weight is 442 g/mol. The van der Waals surface area contributed by atoms with Gasteiger partial charge in [-0.25, -0.2) is 19.0 Å². The van der Waals surface area contributed by atoms with Gasteiger partial charge in [-0.15, -0.1) is 0 Å². The maximum atomic E-state index is 13.5. The Kier molecular flexibility index (Phi) is 5.69. The van der Waals surface area contributed by atoms with Crippen LogP contribution in [0.5, 0.6) is 0 Å². The zero-order valence-electron chi connectivity index (χ0n) is 18.4. The second kappa shape index (κ2) is 8.94. The lowest BCUT2D eigenvalue weighted by Gasteiger charge is -2.33. The summed E-state index contributed by atoms with van der Waals surface area (Å²) in [5.74, 6) is 0.451. The van der Waals surface area contributed by atoms with Crippen LogP contribution in [-0.2, 0) is 0 Å². The topological polar surface area (TPSA) is 63.9 Å². The first kappa shape index (κ1) is 21.0. The maximum absolute atomic E-state index is 13.5. The Labute approximate surface area is 191 Å². The van der Waals surface area contributed by atoms with E-state index in [0.717, 1.165) is 35.3 Å². The molecule has 0 N–H and O–H groups in total. The molecule has 2 aromatic carbocycles. The quantitative estimate of drug-likeness (QED) is 0.457. The van der Waals surface area contributed by atoms with Crippen molar-refractivity contribution in [2.75, 3.05) is 13.1 Å². The highest BCUT2D eigenvalue weighted by Gasteiger charge is 2.29. The molecule has 0 spiro atoms. The van der Waals surface area contributed by atoms with Crippen molar-refractivity contribution in [3.05, 3.63) is 96.1 Å². The number of benzene rings is 2. The minimum absolute atomic E-state index is 0.0315. The van der Waals surface area contributed by atoms with Gasteiger partial charge in [0, 0.05) is 37.0 Å². The van der Waals surface area contributed by atoms with Crippen LogP contribution in [0.4, 0.5) is 4.39 Å². The van der Waals surface area contributed by atoms with Crippen LogP contribution in [0, 0.1) is 12.7 Å². The number of carbonyl (C=O) groups excluding carboxylic acids is 1. The molecule has 1 aliphatic heterocycles. The normalized spacial score (nSPS) is 16.1. The van der Waals surface area contributed by atoms with Crippen molar-refractivity contribution < 1.29 is 9.18 Å². The second-order valence-corrected chi connectivity index (χ2v) is 8.32. The summed E-state index contributed by atoms with van der Waals surface area (Å²) in [7, 11) is 0. The number of aryl methyl sites for hydroxylation is 1. The van der Waals surface area contributed by atoms with Crippen LogP contribution in [0.1, 0.15) is 40.6 Å². The van der Waals surface area contributed by atoms with E-state index in [1.807, 2.05) is 42.2 Å². The third kappa shape index (κ3) is 4.39. The summed E-state index contributed by atoms with van der Waals surface area (Å²) in [5.41, 5.74) is 4.15. The van der Waals surface area contributed by atoms with Gasteiger partial charge in [0.15, 0.2) is 0 Å². The van der Waals surface area contributed by atoms with Crippen molar-refractivity contribution in [1.29, 1.82) is 0 Å². The number of aromatic nitrogens is 4. The predicted octanol–water partition coefficient (Wildman–Crippen LogP) is 4.80. The number of rotatable bonds is 4. The van der Waals surface area contributed by atoms with E-state index in [9.17, 15) is 9.18 Å². The Hall–Kier alpha value is -3.87. The van der Waals surface area contributed by atoms with Crippen molar-refractivity contribution in [2.45, 2.75) is 25.7 Å². The van der Waals surface area contributed by atoms with Gasteiger partial charge < -0.3 is 4.90 Å². The Morgan fingerprint density at radius 2 is 1.85 bits per heavy atom. The Balaban J connectivity index is 1.39. The summed E-state index contributed by atoms with van der Waals surface area (Å²) in [4.78, 5) is 24.3. The van der Waals surface area contributed by atoms with E-state index < -0.39 is 0 Å². The molecule has 1 aliphatic rings. The molecule has 0 aliphatic carbocycles. The van der Waals surface area contributed by atoms with Crippen LogP contribution >= 0.6 is 0 Å². The maximum Gasteiger partial charge on any atom is 0.257 e. The van der Waals surface area contributed by atoms with E-state index in [0.29, 0.717) is 24.5 Å². The van der Waals surface area contributed by atoms with Crippen LogP contribution in [-0.4, -0.2) is 43.6 Å². The Morgan fingerprint density at radius 1 is 1.06 bits per heavy atom. The molecule has 1 amide bonds. The predicted molar refractivity (Wildman–Crippen MR) is 124 cm³/mol. The number of amides is 1. The van der Waals surface area contributed by atoms with Crippen molar-refractivity contribution in [3.63, 3.8) is 0 Å². The summed E-state index contributed by atoms with van der Waals surface area (Å²) in [6.07, 6.45) is 7.01. The van der Waals surface area contributed by atoms with Gasteiger partial charge in [0.2, 0.25) is 0 Å². The number of nitrogens with zero attached hydrogens (tertiary/aromatic N) is 5. The minimum Gasteiger partial charge on any atom is -0.338 e. The third-order valence-electron chi connectivity index (χ3n) is 6.04. The summed E-state index contributed by atoms with van der Waals surface area (Å²) < 4.78 is 15.2. The summed E-state index contributed by atoms with van der Waals surface area (Å²) >= 11 is 0. The van der Waals surface area contributed by atoms with Crippen LogP contribution in [0.2, 0.25) is 0 Å². The third-order valence-corrected chi connectivity index (χ3v) is 6.04. The summed E-state index contributed by atoms with van der Waals surface area (Å²) in [5, 5.41) is 4.37. The van der Waals surface area contributed by atoms with Gasteiger partial charge in [0.05, 0.1) is 23.1 Å². The van der Waals surface area contributed by atoms with Crippen molar-refractivity contribution in [3.8, 4) is 16.8 Å². The largest absolute Gasteiger partial charge is 0.338 e. The van der Waals surface area contributed by atoms with Crippen molar-refractivity contribution >= 4 is 5.91 Å². The lowest BCUT2D eigenvalue weighted by Crippen LogP contribution is -2.39. The standard InChI is InChI=1S/C26H24FN5O/c1-18-28-15-24(19-9-11-22(27)12-10-19)25(30-18)20-6-5-13-31(16-20)26(33)21-14-29-32(17-21)23-7-3-2-4-8-23/h2-4,7-12,14-15,17,20H,5-6,13,16H2,1H3/t20-/m1/s1. The van der Waals surface area contributed by atoms with E-state index in [4.69, 9.17) is 4.98 Å². The first-order valence-electron chi connectivity index (χ1n) is 11.1. The van der Waals surface area contributed by atoms with Gasteiger partial charge in [-0.3, -0.25) is 4.79 Å². The van der Waals surface area contributed by atoms with Gasteiger partial charge in [0.25, 0.3) is 5.91 Å². The van der Waals surface area contributed by atoms with Crippen LogP contribution < -0.4 is 0 Å². The van der Waals surface area contributed by atoms with Gasteiger partial charge in [-0.2, -0.15) is 5.10 Å². The molecule has 0 saturated carbocycles. The highest BCUT2D eigenvalue weighted by Crippen LogP contribution is 2.33. The molecule has 3 heterocycles. The number of piperidine rings is 1. The molecule has 1 atom stereocenters. The molecular formula is C26H24FN5O. The molecule has 1 fully saturated rings. The first-order chi connectivity index (χ1) is 16.1. The molecule has 5 rings (SSSR count). The number of carbonyl (C=O) groups is 1. The average Bonchev–Trinajstić information content (AvgIpc) is 3.35. The van der Waals surface area contributed by atoms with Crippen LogP contribution in [0.3, 0.4) is 0 Å². The van der Waals surface area contributed by atoms with Gasteiger partial charge in [0.1, 0.15) is 11.6 Å². The van der Waals surface area contributed by atoms with Gasteiger partial charge in [-0.05, 0) is 49.6 Å². The molecule has 7 heteroatoms. The molecule has 0 radical (unpaired) electrons. The van der Waals surface area contributed by atoms with E-state index >= 15 is 0 Å². The number of para-hydroxylation sites is 1. The smallest absolute Gasteiger partial charge is 0.257 e. The van der Waals surface area contributed by atoms with Crippen molar-refractivity contribution in [1.82, 2.24) is 24.6 Å². The molecule has 4 aromatic rings. The summed E-state index contributed by atoms with van der Waals surface area (Å²) in [6.45, 7) is 3.13.